The molecule has 2 rings (SSSR count). The van der Waals surface area contributed by atoms with Gasteiger partial charge in [-0.2, -0.15) is 0 Å². The van der Waals surface area contributed by atoms with Crippen LogP contribution >= 0.6 is 0 Å². The summed E-state index contributed by atoms with van der Waals surface area (Å²) in [7, 11) is 5.42. The van der Waals surface area contributed by atoms with E-state index in [1.165, 1.54) is 0 Å². The van der Waals surface area contributed by atoms with Gasteiger partial charge in [0.15, 0.2) is 0 Å². The van der Waals surface area contributed by atoms with Crippen molar-refractivity contribution < 1.29 is 4.39 Å². The first-order valence-corrected chi connectivity index (χ1v) is 4.02. The normalized spacial score (nSPS) is 20.3. The summed E-state index contributed by atoms with van der Waals surface area (Å²) in [5.41, 5.74) is 1.83. The van der Waals surface area contributed by atoms with E-state index in [2.05, 4.69) is 12.2 Å². The third kappa shape index (κ3) is 0.925. The van der Waals surface area contributed by atoms with Crippen molar-refractivity contribution in [3.05, 3.63) is 23.5 Å². The van der Waals surface area contributed by atoms with Gasteiger partial charge in [0.05, 0.1) is 5.69 Å². The van der Waals surface area contributed by atoms with E-state index in [0.29, 0.717) is 11.6 Å². The third-order valence-electron chi connectivity index (χ3n) is 2.32. The van der Waals surface area contributed by atoms with Crippen molar-refractivity contribution >= 4 is 19.0 Å². The average molecular weight is 161 g/mol. The molecule has 1 aromatic rings. The van der Waals surface area contributed by atoms with Crippen LogP contribution in [0, 0.1) is 5.82 Å². The van der Waals surface area contributed by atoms with Gasteiger partial charge in [-0.05, 0) is 5.56 Å². The molecule has 0 saturated heterocycles. The van der Waals surface area contributed by atoms with Crippen LogP contribution in [0.2, 0.25) is 0 Å². The summed E-state index contributed by atoms with van der Waals surface area (Å²) >= 11 is 0. The van der Waals surface area contributed by atoms with Gasteiger partial charge in [0, 0.05) is 12.5 Å². The van der Waals surface area contributed by atoms with Crippen molar-refractivity contribution in [1.82, 2.24) is 0 Å². The standard InChI is InChI=1S/C9H9BFN/c1-5-4-12-9-6(5)2-3-7(10)8(9)11/h2-3,5,12H,4H2,1H3. The highest BCUT2D eigenvalue weighted by Gasteiger charge is 2.21. The topological polar surface area (TPSA) is 12.0 Å². The van der Waals surface area contributed by atoms with Crippen molar-refractivity contribution in [2.75, 3.05) is 11.9 Å². The molecule has 1 N–H and O–H groups in total. The molecule has 0 spiro atoms. The molecule has 1 aliphatic rings. The van der Waals surface area contributed by atoms with Gasteiger partial charge in [-0.1, -0.05) is 24.5 Å². The second-order valence-corrected chi connectivity index (χ2v) is 3.21. The SMILES string of the molecule is [B]c1ccc2c(c1F)NCC2C. The van der Waals surface area contributed by atoms with E-state index in [0.717, 1.165) is 12.1 Å². The zero-order valence-electron chi connectivity index (χ0n) is 6.89. The lowest BCUT2D eigenvalue weighted by molar-refractivity contribution is 0.639. The monoisotopic (exact) mass is 161 g/mol. The fourth-order valence-electron chi connectivity index (χ4n) is 1.56. The maximum atomic E-state index is 13.3. The molecule has 1 aliphatic heterocycles. The number of anilines is 1. The first-order chi connectivity index (χ1) is 5.70. The minimum atomic E-state index is -0.308. The van der Waals surface area contributed by atoms with Crippen molar-refractivity contribution in [3.63, 3.8) is 0 Å². The summed E-state index contributed by atoms with van der Waals surface area (Å²) in [5.74, 6) is 0.0759. The molecular weight excluding hydrogens is 152 g/mol. The fraction of sp³-hybridized carbons (Fsp3) is 0.333. The highest BCUT2D eigenvalue weighted by atomic mass is 19.1. The summed E-state index contributed by atoms with van der Waals surface area (Å²) in [6.07, 6.45) is 0. The van der Waals surface area contributed by atoms with Crippen LogP contribution in [0.15, 0.2) is 12.1 Å². The Labute approximate surface area is 72.4 Å². The first-order valence-electron chi connectivity index (χ1n) is 4.02. The second kappa shape index (κ2) is 2.51. The number of benzene rings is 1. The molecular formula is C9H9BFN. The van der Waals surface area contributed by atoms with Crippen molar-refractivity contribution in [2.45, 2.75) is 12.8 Å². The van der Waals surface area contributed by atoms with Crippen molar-refractivity contribution in [3.8, 4) is 0 Å². The maximum Gasteiger partial charge on any atom is 0.139 e. The predicted octanol–water partition coefficient (Wildman–Crippen LogP) is 1.15. The number of hydrogen-bond donors (Lipinski definition) is 1. The Balaban J connectivity index is 2.60. The molecule has 1 nitrogen and oxygen atoms in total. The predicted molar refractivity (Wildman–Crippen MR) is 48.7 cm³/mol. The highest BCUT2D eigenvalue weighted by Crippen LogP contribution is 2.31. The largest absolute Gasteiger partial charge is 0.382 e. The molecule has 3 heteroatoms. The van der Waals surface area contributed by atoms with Gasteiger partial charge in [0.1, 0.15) is 13.7 Å². The lowest BCUT2D eigenvalue weighted by atomic mass is 9.91. The van der Waals surface area contributed by atoms with E-state index >= 15 is 0 Å². The lowest BCUT2D eigenvalue weighted by Crippen LogP contribution is -2.10. The van der Waals surface area contributed by atoms with Crippen LogP contribution in [0.4, 0.5) is 10.1 Å². The van der Waals surface area contributed by atoms with Gasteiger partial charge in [0.25, 0.3) is 0 Å². The van der Waals surface area contributed by atoms with Crippen LogP contribution in [-0.4, -0.2) is 14.4 Å². The number of hydrogen-bond acceptors (Lipinski definition) is 1. The van der Waals surface area contributed by atoms with Crippen LogP contribution < -0.4 is 10.8 Å². The van der Waals surface area contributed by atoms with E-state index in [1.807, 2.05) is 6.07 Å². The summed E-state index contributed by atoms with van der Waals surface area (Å²) in [4.78, 5) is 0. The zero-order valence-corrected chi connectivity index (χ0v) is 6.89. The molecule has 1 unspecified atom stereocenters. The summed E-state index contributed by atoms with van der Waals surface area (Å²) in [6, 6.07) is 3.51. The van der Waals surface area contributed by atoms with Gasteiger partial charge in [-0.15, -0.1) is 0 Å². The van der Waals surface area contributed by atoms with Crippen LogP contribution in [0.5, 0.6) is 0 Å². The maximum absolute atomic E-state index is 13.3. The van der Waals surface area contributed by atoms with E-state index in [-0.39, 0.29) is 11.3 Å². The molecule has 12 heavy (non-hydrogen) atoms. The molecule has 1 heterocycles. The highest BCUT2D eigenvalue weighted by molar-refractivity contribution is 6.32. The summed E-state index contributed by atoms with van der Waals surface area (Å²) < 4.78 is 13.3. The van der Waals surface area contributed by atoms with Crippen molar-refractivity contribution in [1.29, 1.82) is 0 Å². The molecule has 0 aliphatic carbocycles. The van der Waals surface area contributed by atoms with Crippen LogP contribution in [0.3, 0.4) is 0 Å². The Morgan fingerprint density at radius 2 is 2.33 bits per heavy atom. The number of fused-ring (bicyclic) bond motifs is 1. The zero-order chi connectivity index (χ0) is 8.72. The molecule has 1 aromatic carbocycles. The average Bonchev–Trinajstić information content (AvgIpc) is 2.41. The Hall–Kier alpha value is -0.985. The Morgan fingerprint density at radius 1 is 1.58 bits per heavy atom. The minimum Gasteiger partial charge on any atom is -0.382 e. The van der Waals surface area contributed by atoms with E-state index in [9.17, 15) is 4.39 Å². The number of rotatable bonds is 0. The van der Waals surface area contributed by atoms with Crippen LogP contribution in [-0.2, 0) is 0 Å². The Kier molecular flexibility index (Phi) is 1.60. The smallest absolute Gasteiger partial charge is 0.139 e. The Bertz CT molecular complexity index is 325. The second-order valence-electron chi connectivity index (χ2n) is 3.21. The van der Waals surface area contributed by atoms with E-state index < -0.39 is 0 Å². The van der Waals surface area contributed by atoms with Gasteiger partial charge in [-0.25, -0.2) is 4.39 Å². The third-order valence-corrected chi connectivity index (χ3v) is 2.32. The molecule has 60 valence electrons. The molecule has 0 bridgehead atoms. The van der Waals surface area contributed by atoms with Gasteiger partial charge < -0.3 is 5.32 Å². The van der Waals surface area contributed by atoms with Crippen LogP contribution in [0.25, 0.3) is 0 Å². The Morgan fingerprint density at radius 3 is 3.08 bits per heavy atom. The quantitative estimate of drug-likeness (QED) is 0.562. The lowest BCUT2D eigenvalue weighted by Gasteiger charge is -2.05. The first kappa shape index (κ1) is 7.65. The van der Waals surface area contributed by atoms with E-state index in [1.54, 1.807) is 6.07 Å². The number of nitrogens with one attached hydrogen (secondary N) is 1. The van der Waals surface area contributed by atoms with Crippen LogP contribution in [0.1, 0.15) is 18.4 Å². The summed E-state index contributed by atoms with van der Waals surface area (Å²) in [6.45, 7) is 2.87. The minimum absolute atomic E-state index is 0.218. The molecule has 0 aromatic heterocycles. The molecule has 0 saturated carbocycles. The van der Waals surface area contributed by atoms with Gasteiger partial charge in [0.2, 0.25) is 0 Å². The molecule has 1 atom stereocenters. The van der Waals surface area contributed by atoms with Gasteiger partial charge in [-0.3, -0.25) is 0 Å². The molecule has 0 amide bonds. The fourth-order valence-corrected chi connectivity index (χ4v) is 1.56. The molecule has 0 fully saturated rings. The van der Waals surface area contributed by atoms with E-state index in [4.69, 9.17) is 7.85 Å². The number of halogens is 1. The van der Waals surface area contributed by atoms with Crippen molar-refractivity contribution in [2.24, 2.45) is 0 Å². The van der Waals surface area contributed by atoms with Gasteiger partial charge >= 0.3 is 0 Å². The molecule has 2 radical (unpaired) electrons. The summed E-state index contributed by atoms with van der Waals surface area (Å²) in [5, 5.41) is 3.00.